The van der Waals surface area contributed by atoms with Crippen LogP contribution >= 0.6 is 0 Å². The van der Waals surface area contributed by atoms with Gasteiger partial charge in [-0.3, -0.25) is 9.59 Å². The predicted molar refractivity (Wildman–Crippen MR) is 135 cm³/mol. The molecule has 2 aromatic rings. The zero-order chi connectivity index (χ0) is 25.4. The van der Waals surface area contributed by atoms with Crippen LogP contribution in [0.1, 0.15) is 37.7 Å². The number of hydrogen-bond donors (Lipinski definition) is 2. The van der Waals surface area contributed by atoms with Crippen LogP contribution in [0.4, 0.5) is 22.7 Å². The molecule has 3 rings (SSSR count). The lowest BCUT2D eigenvalue weighted by atomic mass is 9.91. The molecule has 0 amide bonds. The highest BCUT2D eigenvalue weighted by Crippen LogP contribution is 2.28. The largest absolute Gasteiger partial charge is 0.462 e. The molecule has 0 bridgehead atoms. The van der Waals surface area contributed by atoms with E-state index in [0.29, 0.717) is 53.2 Å². The summed E-state index contributed by atoms with van der Waals surface area (Å²) in [5.41, 5.74) is 15.5. The number of nitrogen functional groups attached to an aromatic ring is 2. The monoisotopic (exact) mass is 472 g/mol. The molecule has 0 saturated carbocycles. The first-order valence-electron chi connectivity index (χ1n) is 11.2. The molecule has 1 unspecified atom stereocenters. The van der Waals surface area contributed by atoms with Gasteiger partial charge in [0.25, 0.3) is 0 Å². The van der Waals surface area contributed by atoms with Gasteiger partial charge < -0.3 is 16.2 Å². The van der Waals surface area contributed by atoms with Crippen molar-refractivity contribution in [3.63, 3.8) is 0 Å². The molecule has 0 fully saturated rings. The number of nitrogens with zero attached hydrogens (tertiary/aromatic N) is 2. The molecule has 8 heteroatoms. The lowest BCUT2D eigenvalue weighted by Gasteiger charge is -2.18. The third-order valence-corrected chi connectivity index (χ3v) is 5.54. The minimum atomic E-state index is -0.499. The van der Waals surface area contributed by atoms with E-state index in [1.54, 1.807) is 37.3 Å². The van der Waals surface area contributed by atoms with E-state index in [-0.39, 0.29) is 12.5 Å². The van der Waals surface area contributed by atoms with Gasteiger partial charge in [-0.2, -0.15) is 10.2 Å². The summed E-state index contributed by atoms with van der Waals surface area (Å²) < 4.78 is 5.41. The van der Waals surface area contributed by atoms with E-state index in [1.807, 2.05) is 24.3 Å². The minimum absolute atomic E-state index is 0.105. The van der Waals surface area contributed by atoms with Crippen LogP contribution in [0.5, 0.6) is 0 Å². The van der Waals surface area contributed by atoms with Gasteiger partial charge >= 0.3 is 5.97 Å². The van der Waals surface area contributed by atoms with E-state index in [4.69, 9.17) is 16.2 Å². The van der Waals surface area contributed by atoms with Crippen LogP contribution in [-0.4, -0.2) is 24.1 Å². The Bertz CT molecular complexity index is 1230. The molecule has 0 radical (unpaired) electrons. The lowest BCUT2D eigenvalue weighted by molar-refractivity contribution is -0.139. The summed E-state index contributed by atoms with van der Waals surface area (Å²) in [4.78, 5) is 35.6. The second-order valence-electron chi connectivity index (χ2n) is 8.32. The summed E-state index contributed by atoms with van der Waals surface area (Å²) in [6.07, 6.45) is 6.31. The quantitative estimate of drug-likeness (QED) is 0.121. The topological polar surface area (TPSA) is 137 Å². The van der Waals surface area contributed by atoms with Crippen molar-refractivity contribution in [2.24, 2.45) is 10.2 Å². The summed E-state index contributed by atoms with van der Waals surface area (Å²) in [7, 11) is 0. The van der Waals surface area contributed by atoms with E-state index in [2.05, 4.69) is 16.8 Å². The molecule has 2 aromatic carbocycles. The summed E-state index contributed by atoms with van der Waals surface area (Å²) in [6.45, 7) is 5.38. The molecule has 1 atom stereocenters. The number of ketones is 2. The Hall–Kier alpha value is -4.33. The molecular formula is C27H28N4O4. The van der Waals surface area contributed by atoms with Gasteiger partial charge in [-0.15, -0.1) is 0 Å². The third-order valence-electron chi connectivity index (χ3n) is 5.54. The second-order valence-corrected chi connectivity index (χ2v) is 8.32. The number of Topliss-reactive ketones (excluding diaryl/α,β-unsaturated/α-hetero) is 1. The molecule has 1 aliphatic carbocycles. The first-order chi connectivity index (χ1) is 16.7. The fourth-order valence-electron chi connectivity index (χ4n) is 3.50. The van der Waals surface area contributed by atoms with E-state index >= 15 is 0 Å². The number of ether oxygens (including phenoxy) is 1. The molecule has 0 saturated heterocycles. The maximum absolute atomic E-state index is 12.0. The third kappa shape index (κ3) is 7.07. The molecule has 0 aromatic heterocycles. The van der Waals surface area contributed by atoms with E-state index in [0.717, 1.165) is 5.56 Å². The molecule has 35 heavy (non-hydrogen) atoms. The molecule has 1 aliphatic rings. The summed E-state index contributed by atoms with van der Waals surface area (Å²) in [5, 5.41) is 8.42. The SMILES string of the molecule is C=C(C)C(=O)OCC(CCCC1=CC=CC(=O)C1=O)c1ccc(/N=N/c2ccc(N)c(N)c2)cc1. The highest BCUT2D eigenvalue weighted by Gasteiger charge is 2.20. The van der Waals surface area contributed by atoms with Gasteiger partial charge in [0.15, 0.2) is 0 Å². The van der Waals surface area contributed by atoms with Crippen LogP contribution in [0.15, 0.2) is 88.6 Å². The van der Waals surface area contributed by atoms with Crippen LogP contribution < -0.4 is 11.5 Å². The Balaban J connectivity index is 1.68. The number of azo groups is 1. The number of carbonyl (C=O) groups excluding carboxylic acids is 3. The molecule has 0 aliphatic heterocycles. The first-order valence-corrected chi connectivity index (χ1v) is 11.2. The molecule has 0 spiro atoms. The molecule has 4 N–H and O–H groups in total. The number of benzene rings is 2. The maximum Gasteiger partial charge on any atom is 0.333 e. The predicted octanol–water partition coefficient (Wildman–Crippen LogP) is 5.27. The Morgan fingerprint density at radius 2 is 1.71 bits per heavy atom. The van der Waals surface area contributed by atoms with Crippen molar-refractivity contribution in [2.45, 2.75) is 32.1 Å². The van der Waals surface area contributed by atoms with Gasteiger partial charge in [-0.05, 0) is 68.2 Å². The van der Waals surface area contributed by atoms with Crippen LogP contribution in [-0.2, 0) is 19.1 Å². The number of esters is 1. The lowest BCUT2D eigenvalue weighted by Crippen LogP contribution is -2.17. The fourth-order valence-corrected chi connectivity index (χ4v) is 3.50. The standard InChI is InChI=1S/C27H28N4O4/c1-17(2)27(34)35-16-20(7-3-5-19-6-4-8-25(32)26(19)33)18-9-11-21(12-10-18)30-31-22-13-14-23(28)24(29)15-22/h4,6,8-15,20H,1,3,5,7,16,28-29H2,2H3/b31-30+. The Labute approximate surface area is 204 Å². The normalized spacial score (nSPS) is 14.1. The zero-order valence-corrected chi connectivity index (χ0v) is 19.6. The van der Waals surface area contributed by atoms with Crippen molar-refractivity contribution in [2.75, 3.05) is 18.1 Å². The van der Waals surface area contributed by atoms with Crippen LogP contribution in [0.25, 0.3) is 0 Å². The molecular weight excluding hydrogens is 444 g/mol. The average molecular weight is 473 g/mol. The smallest absolute Gasteiger partial charge is 0.333 e. The van der Waals surface area contributed by atoms with Crippen LogP contribution in [0.3, 0.4) is 0 Å². The second kappa shape index (κ2) is 11.7. The number of nitrogens with two attached hydrogens (primary N) is 2. The van der Waals surface area contributed by atoms with Crippen LogP contribution in [0.2, 0.25) is 0 Å². The van der Waals surface area contributed by atoms with Crippen molar-refractivity contribution in [3.05, 3.63) is 84.0 Å². The van der Waals surface area contributed by atoms with E-state index in [1.165, 1.54) is 6.08 Å². The minimum Gasteiger partial charge on any atom is -0.462 e. The van der Waals surface area contributed by atoms with E-state index < -0.39 is 17.5 Å². The Kier molecular flexibility index (Phi) is 8.45. The van der Waals surface area contributed by atoms with Crippen molar-refractivity contribution in [1.82, 2.24) is 0 Å². The van der Waals surface area contributed by atoms with Gasteiger partial charge in [-0.25, -0.2) is 4.79 Å². The average Bonchev–Trinajstić information content (AvgIpc) is 2.84. The number of hydrogen-bond acceptors (Lipinski definition) is 8. The maximum atomic E-state index is 12.0. The highest BCUT2D eigenvalue weighted by molar-refractivity contribution is 6.48. The number of allylic oxidation sites excluding steroid dienone is 4. The van der Waals surface area contributed by atoms with Gasteiger partial charge in [0, 0.05) is 17.1 Å². The van der Waals surface area contributed by atoms with E-state index in [9.17, 15) is 14.4 Å². The Morgan fingerprint density at radius 3 is 2.40 bits per heavy atom. The Morgan fingerprint density at radius 1 is 1.03 bits per heavy atom. The molecule has 0 heterocycles. The summed E-state index contributed by atoms with van der Waals surface area (Å²) in [6, 6.07) is 12.5. The van der Waals surface area contributed by atoms with Crippen molar-refractivity contribution in [1.29, 1.82) is 0 Å². The van der Waals surface area contributed by atoms with Crippen molar-refractivity contribution >= 4 is 40.3 Å². The van der Waals surface area contributed by atoms with Crippen molar-refractivity contribution < 1.29 is 19.1 Å². The zero-order valence-electron chi connectivity index (χ0n) is 19.6. The summed E-state index contributed by atoms with van der Waals surface area (Å²) >= 11 is 0. The van der Waals surface area contributed by atoms with Gasteiger partial charge in [0.1, 0.15) is 0 Å². The fraction of sp³-hybridized carbons (Fsp3) is 0.222. The van der Waals surface area contributed by atoms with Crippen molar-refractivity contribution in [3.8, 4) is 0 Å². The molecule has 8 nitrogen and oxygen atoms in total. The number of carbonyl (C=O) groups is 3. The first kappa shape index (κ1) is 25.3. The summed E-state index contributed by atoms with van der Waals surface area (Å²) in [5.74, 6) is -1.52. The van der Waals surface area contributed by atoms with Gasteiger partial charge in [-0.1, -0.05) is 30.9 Å². The van der Waals surface area contributed by atoms with Crippen LogP contribution in [0, 0.1) is 0 Å². The van der Waals surface area contributed by atoms with Gasteiger partial charge in [0.05, 0.1) is 29.4 Å². The highest BCUT2D eigenvalue weighted by atomic mass is 16.5. The molecule has 180 valence electrons. The van der Waals surface area contributed by atoms with Gasteiger partial charge in [0.2, 0.25) is 11.6 Å². The number of rotatable bonds is 10. The number of anilines is 2.